The lowest BCUT2D eigenvalue weighted by Gasteiger charge is -2.34. The summed E-state index contributed by atoms with van der Waals surface area (Å²) in [5.74, 6) is 0. The molecule has 0 atom stereocenters. The highest BCUT2D eigenvalue weighted by atomic mass is 28.3. The quantitative estimate of drug-likeness (QED) is 0.0958. The van der Waals surface area contributed by atoms with Crippen LogP contribution in [0.15, 0.2) is 322 Å². The second-order valence-corrected chi connectivity index (χ2v) is 25.4. The number of rotatable bonds is 10. The Balaban J connectivity index is 0.972. The van der Waals surface area contributed by atoms with Crippen LogP contribution < -0.4 is 20.7 Å². The van der Waals surface area contributed by atoms with Crippen molar-refractivity contribution in [1.82, 2.24) is 13.7 Å². The van der Waals surface area contributed by atoms with Crippen LogP contribution in [0.2, 0.25) is 0 Å². The summed E-state index contributed by atoms with van der Waals surface area (Å²) >= 11 is 0. The Hall–Kier alpha value is -10.5. The van der Waals surface area contributed by atoms with Gasteiger partial charge >= 0.3 is 0 Å². The minimum Gasteiger partial charge on any atom is -0.309 e. The fraction of sp³-hybridized carbons (Fsp3) is 0. The second kappa shape index (κ2) is 19.4. The normalized spacial score (nSPS) is 11.9. The highest BCUT2D eigenvalue weighted by Crippen LogP contribution is 2.41. The third kappa shape index (κ3) is 7.57. The van der Waals surface area contributed by atoms with Crippen molar-refractivity contribution < 1.29 is 0 Å². The van der Waals surface area contributed by atoms with Crippen LogP contribution >= 0.6 is 0 Å². The number of para-hydroxylation sites is 3. The lowest BCUT2D eigenvalue weighted by atomic mass is 10.0. The van der Waals surface area contributed by atoms with Gasteiger partial charge in [-0.1, -0.05) is 249 Å². The summed E-state index contributed by atoms with van der Waals surface area (Å²) in [7, 11) is -3.03. The summed E-state index contributed by atoms with van der Waals surface area (Å²) in [6.07, 6.45) is 0. The topological polar surface area (TPSA) is 14.8 Å². The monoisotopic (exact) mass is 1060 g/mol. The van der Waals surface area contributed by atoms with E-state index in [4.69, 9.17) is 0 Å². The fourth-order valence-electron chi connectivity index (χ4n) is 13.5. The molecule has 16 aromatic rings. The molecule has 16 rings (SSSR count). The first kappa shape index (κ1) is 47.5. The highest BCUT2D eigenvalue weighted by Gasteiger charge is 2.42. The molecule has 0 aliphatic carbocycles. The third-order valence-corrected chi connectivity index (χ3v) is 21.9. The largest absolute Gasteiger partial charge is 0.309 e. The van der Waals surface area contributed by atoms with Gasteiger partial charge in [0.15, 0.2) is 8.07 Å². The molecule has 0 amide bonds. The Labute approximate surface area is 477 Å². The molecule has 4 heteroatoms. The van der Waals surface area contributed by atoms with Gasteiger partial charge in [0, 0.05) is 49.4 Å². The number of benzene rings is 13. The van der Waals surface area contributed by atoms with E-state index in [-0.39, 0.29) is 0 Å². The van der Waals surface area contributed by atoms with E-state index in [1.54, 1.807) is 0 Å². The number of fused-ring (bicyclic) bond motifs is 9. The zero-order valence-corrected chi connectivity index (χ0v) is 45.9. The van der Waals surface area contributed by atoms with Crippen molar-refractivity contribution in [3.63, 3.8) is 0 Å². The van der Waals surface area contributed by atoms with Crippen molar-refractivity contribution in [3.8, 4) is 50.4 Å². The molecular formula is C78H53N3Si. The molecule has 82 heavy (non-hydrogen) atoms. The summed E-state index contributed by atoms with van der Waals surface area (Å²) < 4.78 is 7.47. The summed E-state index contributed by atoms with van der Waals surface area (Å²) in [6, 6.07) is 120. The molecule has 0 N–H and O–H groups in total. The zero-order valence-electron chi connectivity index (χ0n) is 44.9. The van der Waals surface area contributed by atoms with Crippen molar-refractivity contribution in [2.75, 3.05) is 0 Å². The van der Waals surface area contributed by atoms with E-state index in [2.05, 4.69) is 335 Å². The van der Waals surface area contributed by atoms with E-state index in [0.29, 0.717) is 0 Å². The summed E-state index contributed by atoms with van der Waals surface area (Å²) in [5.41, 5.74) is 17.5. The molecule has 0 saturated heterocycles. The van der Waals surface area contributed by atoms with Crippen molar-refractivity contribution in [2.45, 2.75) is 0 Å². The van der Waals surface area contributed by atoms with Gasteiger partial charge in [-0.25, -0.2) is 0 Å². The molecule has 384 valence electrons. The number of hydrogen-bond acceptors (Lipinski definition) is 0. The Morgan fingerprint density at radius 1 is 0.171 bits per heavy atom. The van der Waals surface area contributed by atoms with Gasteiger partial charge in [-0.2, -0.15) is 0 Å². The average Bonchev–Trinajstić information content (AvgIpc) is 4.11. The van der Waals surface area contributed by atoms with Gasteiger partial charge in [0.05, 0.1) is 33.1 Å². The maximum atomic E-state index is 2.56. The first-order chi connectivity index (χ1) is 40.7. The van der Waals surface area contributed by atoms with Gasteiger partial charge in [0.1, 0.15) is 0 Å². The first-order valence-corrected chi connectivity index (χ1v) is 30.3. The minimum absolute atomic E-state index is 1.09. The molecule has 0 radical (unpaired) electrons. The maximum Gasteiger partial charge on any atom is 0.179 e. The lowest BCUT2D eigenvalue weighted by molar-refractivity contribution is 1.13. The summed E-state index contributed by atoms with van der Waals surface area (Å²) in [5, 5.41) is 12.7. The van der Waals surface area contributed by atoms with Gasteiger partial charge in [-0.15, -0.1) is 0 Å². The predicted molar refractivity (Wildman–Crippen MR) is 349 cm³/mol. The van der Waals surface area contributed by atoms with Crippen molar-refractivity contribution in [1.29, 1.82) is 0 Å². The summed E-state index contributed by atoms with van der Waals surface area (Å²) in [6.45, 7) is 0. The molecule has 0 unspecified atom stereocenters. The van der Waals surface area contributed by atoms with E-state index in [0.717, 1.165) is 50.3 Å². The lowest BCUT2D eigenvalue weighted by Crippen LogP contribution is -2.74. The SMILES string of the molecule is c1ccc(-c2ccc([Si](c3ccccc3)(c3ccccc3)c3ccc4c5cc(-c6ccccc6)ccc5n(-c5cc(-c6ccccc6)cc(-n6c7ccccc7c7cc(-n8c9ccccc9c9ccccc98)ccc76)c5)c4c3)cc2)cc1. The van der Waals surface area contributed by atoms with Crippen molar-refractivity contribution >= 4 is 94.2 Å². The molecule has 3 heterocycles. The minimum atomic E-state index is -3.03. The van der Waals surface area contributed by atoms with Crippen LogP contribution in [-0.2, 0) is 0 Å². The van der Waals surface area contributed by atoms with Gasteiger partial charge in [-0.3, -0.25) is 0 Å². The Bertz CT molecular complexity index is 4970. The molecule has 3 aromatic heterocycles. The van der Waals surface area contributed by atoms with E-state index < -0.39 is 8.07 Å². The number of hydrogen-bond donors (Lipinski definition) is 0. The highest BCUT2D eigenvalue weighted by molar-refractivity contribution is 7.20. The van der Waals surface area contributed by atoms with Gasteiger partial charge in [0.25, 0.3) is 0 Å². The van der Waals surface area contributed by atoms with Crippen LogP contribution in [0.4, 0.5) is 0 Å². The standard InChI is InChI=1S/C78H53N3Si/c1-6-22-54(23-7-1)57-38-42-65(43-39-57)82(63-28-12-4-13-29-63,64-30-14-5-15-31-64)66-44-45-70-71-50-58(55-24-8-2-9-25-55)40-46-76(71)81(78(70)53-66)62-49-59(56-26-10-3-11-27-56)48-61(51-62)80-75-37-21-18-34-69(75)72-52-60(41-47-77(72)80)79-73-35-19-16-32-67(73)68-33-17-20-36-74(68)79/h1-53H. The number of nitrogens with zero attached hydrogens (tertiary/aromatic N) is 3. The average molecular weight is 1060 g/mol. The van der Waals surface area contributed by atoms with Gasteiger partial charge in [-0.05, 0) is 127 Å². The molecule has 0 bridgehead atoms. The molecule has 0 fully saturated rings. The van der Waals surface area contributed by atoms with Gasteiger partial charge in [0.2, 0.25) is 0 Å². The van der Waals surface area contributed by atoms with E-state index in [9.17, 15) is 0 Å². The van der Waals surface area contributed by atoms with Crippen LogP contribution in [0.5, 0.6) is 0 Å². The van der Waals surface area contributed by atoms with Gasteiger partial charge < -0.3 is 13.7 Å². The number of aromatic nitrogens is 3. The molecule has 0 aliphatic rings. The van der Waals surface area contributed by atoms with Crippen LogP contribution in [-0.4, -0.2) is 21.8 Å². The van der Waals surface area contributed by atoms with E-state index >= 15 is 0 Å². The molecule has 13 aromatic carbocycles. The zero-order chi connectivity index (χ0) is 54.1. The molecule has 3 nitrogen and oxygen atoms in total. The van der Waals surface area contributed by atoms with E-state index in [1.165, 1.54) is 86.4 Å². The molecular weight excluding hydrogens is 1010 g/mol. The van der Waals surface area contributed by atoms with Crippen molar-refractivity contribution in [2.24, 2.45) is 0 Å². The maximum absolute atomic E-state index is 3.03. The van der Waals surface area contributed by atoms with Crippen LogP contribution in [0.1, 0.15) is 0 Å². The van der Waals surface area contributed by atoms with Crippen LogP contribution in [0.3, 0.4) is 0 Å². The Morgan fingerprint density at radius 2 is 0.524 bits per heavy atom. The predicted octanol–water partition coefficient (Wildman–Crippen LogP) is 17.4. The van der Waals surface area contributed by atoms with Crippen LogP contribution in [0.25, 0.3) is 116 Å². The molecule has 0 spiro atoms. The third-order valence-electron chi connectivity index (χ3n) is 17.2. The Kier molecular flexibility index (Phi) is 11.2. The first-order valence-electron chi connectivity index (χ1n) is 28.3. The second-order valence-electron chi connectivity index (χ2n) is 21.6. The fourth-order valence-corrected chi connectivity index (χ4v) is 18.2. The molecule has 0 aliphatic heterocycles. The Morgan fingerprint density at radius 3 is 1.07 bits per heavy atom. The molecule has 0 saturated carbocycles. The van der Waals surface area contributed by atoms with Crippen LogP contribution in [0, 0.1) is 0 Å². The van der Waals surface area contributed by atoms with Crippen molar-refractivity contribution in [3.05, 3.63) is 322 Å². The smallest absolute Gasteiger partial charge is 0.179 e. The summed E-state index contributed by atoms with van der Waals surface area (Å²) in [4.78, 5) is 0. The van der Waals surface area contributed by atoms with E-state index in [1.807, 2.05) is 0 Å².